The fraction of sp³-hybridized carbons (Fsp3) is 0.294. The maximum atomic E-state index is 7.62. The van der Waals surface area contributed by atoms with Gasteiger partial charge in [-0.25, -0.2) is 0 Å². The van der Waals surface area contributed by atoms with E-state index < -0.39 is 0 Å². The third-order valence-electron chi connectivity index (χ3n) is 3.78. The number of allylic oxidation sites excluding steroid dienone is 1. The predicted molar refractivity (Wildman–Crippen MR) is 96.2 cm³/mol. The van der Waals surface area contributed by atoms with Gasteiger partial charge in [-0.1, -0.05) is 18.2 Å². The highest BCUT2D eigenvalue weighted by molar-refractivity contribution is 7.20. The number of fused-ring (bicyclic) bond motifs is 1. The van der Waals surface area contributed by atoms with Crippen LogP contribution >= 0.6 is 11.3 Å². The lowest BCUT2D eigenvalue weighted by Crippen LogP contribution is -2.11. The van der Waals surface area contributed by atoms with Crippen molar-refractivity contribution >= 4 is 33.1 Å². The van der Waals surface area contributed by atoms with Crippen molar-refractivity contribution in [3.05, 3.63) is 47.4 Å². The first-order valence-corrected chi connectivity index (χ1v) is 8.15. The van der Waals surface area contributed by atoms with Crippen LogP contribution in [0.2, 0.25) is 0 Å². The lowest BCUT2D eigenvalue weighted by atomic mass is 9.88. The maximum absolute atomic E-state index is 7.62. The average molecular weight is 314 g/mol. The van der Waals surface area contributed by atoms with Gasteiger partial charge in [0.05, 0.1) is 10.7 Å². The molecule has 0 bridgehead atoms. The molecule has 1 atom stereocenters. The van der Waals surface area contributed by atoms with Crippen LogP contribution in [0.25, 0.3) is 10.1 Å². The van der Waals surface area contributed by atoms with Crippen LogP contribution in [0.15, 0.2) is 36.9 Å². The number of hydrogen-bond acceptors (Lipinski definition) is 3. The molecule has 22 heavy (non-hydrogen) atoms. The highest BCUT2D eigenvalue weighted by Crippen LogP contribution is 2.36. The average Bonchev–Trinajstić information content (AvgIpc) is 2.91. The van der Waals surface area contributed by atoms with Crippen LogP contribution in [0.1, 0.15) is 42.0 Å². The zero-order valence-electron chi connectivity index (χ0n) is 12.6. The number of hydrogen-bond donors (Lipinski definition) is 4. The number of rotatable bonds is 8. The third-order valence-corrected chi connectivity index (χ3v) is 4.92. The van der Waals surface area contributed by atoms with Crippen LogP contribution in [0.4, 0.5) is 0 Å². The molecule has 1 aromatic carbocycles. The van der Waals surface area contributed by atoms with E-state index in [-0.39, 0.29) is 11.7 Å². The molecule has 0 saturated heterocycles. The standard InChI is InChI=1S/C17H22N4S/c1-2-3-5-11(8-9-16(18)19)12-6-4-7-14-13(12)10-15(22-14)17(20)21/h2,4,6-7,10-11H,1,3,5,8-9H2,(H3,18,19)(H3,20,21). The van der Waals surface area contributed by atoms with Gasteiger partial charge < -0.3 is 11.5 Å². The van der Waals surface area contributed by atoms with Gasteiger partial charge in [0.15, 0.2) is 0 Å². The molecule has 0 saturated carbocycles. The molecule has 0 radical (unpaired) electrons. The smallest absolute Gasteiger partial charge is 0.133 e. The second-order valence-electron chi connectivity index (χ2n) is 5.41. The van der Waals surface area contributed by atoms with Gasteiger partial charge in [0.25, 0.3) is 0 Å². The molecular weight excluding hydrogens is 292 g/mol. The summed E-state index contributed by atoms with van der Waals surface area (Å²) in [4.78, 5) is 0.802. The first-order valence-electron chi connectivity index (χ1n) is 7.33. The van der Waals surface area contributed by atoms with Crippen LogP contribution in [0.3, 0.4) is 0 Å². The summed E-state index contributed by atoms with van der Waals surface area (Å²) < 4.78 is 1.15. The summed E-state index contributed by atoms with van der Waals surface area (Å²) in [7, 11) is 0. The zero-order valence-corrected chi connectivity index (χ0v) is 13.4. The van der Waals surface area contributed by atoms with Gasteiger partial charge in [-0.15, -0.1) is 17.9 Å². The van der Waals surface area contributed by atoms with E-state index in [2.05, 4.69) is 18.7 Å². The van der Waals surface area contributed by atoms with Crippen molar-refractivity contribution in [2.75, 3.05) is 0 Å². The number of nitrogens with two attached hydrogens (primary N) is 2. The Hall–Kier alpha value is -2.14. The lowest BCUT2D eigenvalue weighted by molar-refractivity contribution is 0.598. The topological polar surface area (TPSA) is 99.7 Å². The van der Waals surface area contributed by atoms with Crippen LogP contribution in [0, 0.1) is 10.8 Å². The number of nitrogens with one attached hydrogen (secondary N) is 2. The van der Waals surface area contributed by atoms with Gasteiger partial charge in [0.1, 0.15) is 5.84 Å². The zero-order chi connectivity index (χ0) is 16.1. The Morgan fingerprint density at radius 3 is 2.68 bits per heavy atom. The largest absolute Gasteiger partial charge is 0.388 e. The summed E-state index contributed by atoms with van der Waals surface area (Å²) in [5.41, 5.74) is 12.4. The van der Waals surface area contributed by atoms with Gasteiger partial charge in [0.2, 0.25) is 0 Å². The quantitative estimate of drug-likeness (QED) is 0.337. The highest BCUT2D eigenvalue weighted by Gasteiger charge is 2.16. The molecule has 0 spiro atoms. The van der Waals surface area contributed by atoms with Gasteiger partial charge in [0, 0.05) is 11.1 Å². The lowest BCUT2D eigenvalue weighted by Gasteiger charge is -2.17. The third kappa shape index (κ3) is 3.74. The highest BCUT2D eigenvalue weighted by atomic mass is 32.1. The minimum atomic E-state index is 0.110. The van der Waals surface area contributed by atoms with Crippen molar-refractivity contribution in [3.8, 4) is 0 Å². The van der Waals surface area contributed by atoms with Gasteiger partial charge in [-0.3, -0.25) is 10.8 Å². The van der Waals surface area contributed by atoms with Gasteiger partial charge >= 0.3 is 0 Å². The Morgan fingerprint density at radius 1 is 1.27 bits per heavy atom. The van der Waals surface area contributed by atoms with Crippen LogP contribution in [-0.4, -0.2) is 11.7 Å². The molecule has 2 rings (SSSR count). The molecule has 0 fully saturated rings. The molecule has 4 nitrogen and oxygen atoms in total. The van der Waals surface area contributed by atoms with E-state index in [0.29, 0.717) is 12.3 Å². The van der Waals surface area contributed by atoms with E-state index in [9.17, 15) is 0 Å². The van der Waals surface area contributed by atoms with E-state index in [1.165, 1.54) is 5.56 Å². The van der Waals surface area contributed by atoms with Crippen molar-refractivity contribution in [1.82, 2.24) is 0 Å². The summed E-state index contributed by atoms with van der Waals surface area (Å²) >= 11 is 1.55. The van der Waals surface area contributed by atoms with E-state index in [0.717, 1.165) is 34.2 Å². The maximum Gasteiger partial charge on any atom is 0.133 e. The van der Waals surface area contributed by atoms with Crippen LogP contribution in [0.5, 0.6) is 0 Å². The van der Waals surface area contributed by atoms with Crippen molar-refractivity contribution in [1.29, 1.82) is 10.8 Å². The summed E-state index contributed by atoms with van der Waals surface area (Å²) in [6.45, 7) is 3.80. The van der Waals surface area contributed by atoms with E-state index in [4.69, 9.17) is 22.3 Å². The Bertz CT molecular complexity index is 702. The minimum absolute atomic E-state index is 0.110. The minimum Gasteiger partial charge on any atom is -0.388 e. The predicted octanol–water partition coefficient (Wildman–Crippen LogP) is 3.95. The molecule has 1 unspecified atom stereocenters. The number of thiophene rings is 1. The normalized spacial score (nSPS) is 12.2. The molecule has 0 aliphatic rings. The molecule has 1 aromatic heterocycles. The molecule has 0 aliphatic heterocycles. The van der Waals surface area contributed by atoms with Gasteiger partial charge in [-0.2, -0.15) is 0 Å². The summed E-state index contributed by atoms with van der Waals surface area (Å²) in [5.74, 6) is 0.670. The summed E-state index contributed by atoms with van der Waals surface area (Å²) in [6, 6.07) is 8.25. The Kier molecular flexibility index (Phi) is 5.33. The van der Waals surface area contributed by atoms with Gasteiger partial charge in [-0.05, 0) is 48.3 Å². The second-order valence-corrected chi connectivity index (χ2v) is 6.49. The van der Waals surface area contributed by atoms with E-state index in [1.54, 1.807) is 11.3 Å². The Morgan fingerprint density at radius 2 is 2.05 bits per heavy atom. The molecule has 6 N–H and O–H groups in total. The van der Waals surface area contributed by atoms with E-state index in [1.807, 2.05) is 18.2 Å². The molecular formula is C17H22N4S. The summed E-state index contributed by atoms with van der Waals surface area (Å²) in [6.07, 6.45) is 5.30. The van der Waals surface area contributed by atoms with Crippen molar-refractivity contribution in [3.63, 3.8) is 0 Å². The fourth-order valence-electron chi connectivity index (χ4n) is 2.68. The van der Waals surface area contributed by atoms with Crippen molar-refractivity contribution in [2.45, 2.75) is 31.6 Å². The van der Waals surface area contributed by atoms with Crippen LogP contribution < -0.4 is 11.5 Å². The number of benzene rings is 1. The number of nitrogen functional groups attached to an aromatic ring is 1. The Labute approximate surface area is 134 Å². The molecule has 1 heterocycles. The van der Waals surface area contributed by atoms with Crippen LogP contribution in [-0.2, 0) is 0 Å². The van der Waals surface area contributed by atoms with Crippen molar-refractivity contribution in [2.24, 2.45) is 11.5 Å². The molecule has 0 amide bonds. The first-order chi connectivity index (χ1) is 10.5. The summed E-state index contributed by atoms with van der Waals surface area (Å²) in [5, 5.41) is 16.3. The van der Waals surface area contributed by atoms with E-state index >= 15 is 0 Å². The molecule has 5 heteroatoms. The molecule has 2 aromatic rings. The van der Waals surface area contributed by atoms with Crippen molar-refractivity contribution < 1.29 is 0 Å². The monoisotopic (exact) mass is 314 g/mol. The second kappa shape index (κ2) is 7.22. The molecule has 116 valence electrons. The Balaban J connectivity index is 2.40. The fourth-order valence-corrected chi connectivity index (χ4v) is 3.63. The SMILES string of the molecule is C=CCCC(CCC(=N)N)c1cccc2sc(C(=N)N)cc12. The number of amidine groups is 2. The molecule has 0 aliphatic carbocycles. The first kappa shape index (κ1) is 16.2.